The number of nitrogens with zero attached hydrogens (tertiary/aromatic N) is 1. The van der Waals surface area contributed by atoms with Gasteiger partial charge >= 0.3 is 0 Å². The molecule has 1 heterocycles. The van der Waals surface area contributed by atoms with Crippen LogP contribution < -0.4 is 10.5 Å². The summed E-state index contributed by atoms with van der Waals surface area (Å²) in [6.07, 6.45) is 0. The first-order chi connectivity index (χ1) is 9.70. The van der Waals surface area contributed by atoms with Gasteiger partial charge in [0.2, 0.25) is 10.0 Å². The second kappa shape index (κ2) is 6.01. The molecule has 3 N–H and O–H groups in total. The molecule has 0 aliphatic rings. The number of aryl methyl sites for hydroxylation is 1. The number of rotatable bonds is 3. The highest BCUT2D eigenvalue weighted by molar-refractivity contribution is 9.10. The first-order valence-electron chi connectivity index (χ1n) is 5.45. The Morgan fingerprint density at radius 1 is 1.48 bits per heavy atom. The van der Waals surface area contributed by atoms with Gasteiger partial charge in [0.05, 0.1) is 16.3 Å². The van der Waals surface area contributed by atoms with Crippen LogP contribution in [0.4, 0.5) is 5.13 Å². The van der Waals surface area contributed by atoms with Crippen LogP contribution in [0.25, 0.3) is 0 Å². The quantitative estimate of drug-likeness (QED) is 0.812. The minimum atomic E-state index is -3.86. The number of carbonyl (C=O) groups is 1. The Balaban J connectivity index is 2.31. The number of sulfonamides is 1. The molecule has 21 heavy (non-hydrogen) atoms. The normalized spacial score (nSPS) is 11.4. The van der Waals surface area contributed by atoms with Crippen molar-refractivity contribution in [2.75, 3.05) is 5.32 Å². The van der Waals surface area contributed by atoms with Crippen LogP contribution in [0.2, 0.25) is 5.02 Å². The fourth-order valence-corrected chi connectivity index (χ4v) is 3.98. The first-order valence-corrected chi connectivity index (χ1v) is 8.99. The SMILES string of the molecule is Cc1nc(NC(=O)c2cccc(Br)c2Cl)sc1S(N)(=O)=O. The predicted molar refractivity (Wildman–Crippen MR) is 85.3 cm³/mol. The Morgan fingerprint density at radius 2 is 2.14 bits per heavy atom. The van der Waals surface area contributed by atoms with Gasteiger partial charge in [-0.15, -0.1) is 0 Å². The van der Waals surface area contributed by atoms with Crippen LogP contribution in [0, 0.1) is 6.92 Å². The number of halogens is 2. The number of nitrogens with two attached hydrogens (primary N) is 1. The van der Waals surface area contributed by atoms with Crippen molar-refractivity contribution >= 4 is 59.9 Å². The number of hydrogen-bond donors (Lipinski definition) is 2. The lowest BCUT2D eigenvalue weighted by atomic mass is 10.2. The Labute approximate surface area is 138 Å². The van der Waals surface area contributed by atoms with E-state index in [1.54, 1.807) is 18.2 Å². The van der Waals surface area contributed by atoms with Crippen LogP contribution in [0.3, 0.4) is 0 Å². The van der Waals surface area contributed by atoms with E-state index in [2.05, 4.69) is 26.2 Å². The minimum absolute atomic E-state index is 0.0851. The largest absolute Gasteiger partial charge is 0.298 e. The molecule has 0 saturated carbocycles. The standard InChI is InChI=1S/C11H9BrClN3O3S2/c1-5-10(21(14,18)19)20-11(15-5)16-9(17)6-3-2-4-7(12)8(6)13/h2-4H,1H3,(H2,14,18,19)(H,15,16,17). The van der Waals surface area contributed by atoms with Gasteiger partial charge in [0.25, 0.3) is 5.91 Å². The monoisotopic (exact) mass is 409 g/mol. The summed E-state index contributed by atoms with van der Waals surface area (Å²) in [6.45, 7) is 1.50. The summed E-state index contributed by atoms with van der Waals surface area (Å²) in [4.78, 5) is 16.1. The molecule has 0 unspecified atom stereocenters. The zero-order chi connectivity index (χ0) is 15.8. The van der Waals surface area contributed by atoms with Gasteiger partial charge in [-0.1, -0.05) is 29.0 Å². The number of carbonyl (C=O) groups excluding carboxylic acids is 1. The fraction of sp³-hybridized carbons (Fsp3) is 0.0909. The Bertz CT molecular complexity index is 820. The second-order valence-corrected chi connectivity index (χ2v) is 7.98. The van der Waals surface area contributed by atoms with Crippen LogP contribution in [0.5, 0.6) is 0 Å². The highest BCUT2D eigenvalue weighted by Crippen LogP contribution is 2.29. The van der Waals surface area contributed by atoms with Crippen molar-refractivity contribution in [1.82, 2.24) is 4.98 Å². The third kappa shape index (κ3) is 3.61. The summed E-state index contributed by atoms with van der Waals surface area (Å²) in [5, 5.41) is 7.96. The summed E-state index contributed by atoms with van der Waals surface area (Å²) >= 11 is 10.0. The Morgan fingerprint density at radius 3 is 2.71 bits per heavy atom. The minimum Gasteiger partial charge on any atom is -0.298 e. The zero-order valence-electron chi connectivity index (χ0n) is 10.6. The van der Waals surface area contributed by atoms with Crippen LogP contribution in [0.1, 0.15) is 16.1 Å². The lowest BCUT2D eigenvalue weighted by Crippen LogP contribution is -2.12. The average molecular weight is 411 g/mol. The van der Waals surface area contributed by atoms with Crippen molar-refractivity contribution in [1.29, 1.82) is 0 Å². The van der Waals surface area contributed by atoms with E-state index in [9.17, 15) is 13.2 Å². The van der Waals surface area contributed by atoms with E-state index in [1.165, 1.54) is 6.92 Å². The molecule has 0 saturated heterocycles. The van der Waals surface area contributed by atoms with E-state index < -0.39 is 15.9 Å². The van der Waals surface area contributed by atoms with E-state index in [-0.39, 0.29) is 25.6 Å². The van der Waals surface area contributed by atoms with Crippen molar-refractivity contribution in [2.45, 2.75) is 11.1 Å². The molecule has 1 amide bonds. The molecule has 112 valence electrons. The summed E-state index contributed by atoms with van der Waals surface area (Å²) in [5.74, 6) is -0.490. The molecule has 2 aromatic rings. The van der Waals surface area contributed by atoms with Crippen LogP contribution in [-0.4, -0.2) is 19.3 Å². The van der Waals surface area contributed by atoms with Gasteiger partial charge in [0.1, 0.15) is 0 Å². The molecule has 0 radical (unpaired) electrons. The molecule has 0 bridgehead atoms. The molecule has 0 aliphatic heterocycles. The second-order valence-electron chi connectivity index (χ2n) is 3.99. The Hall–Kier alpha value is -1.000. The molecular formula is C11H9BrClN3O3S2. The molecule has 6 nitrogen and oxygen atoms in total. The van der Waals surface area contributed by atoms with Gasteiger partial charge in [0, 0.05) is 4.47 Å². The maximum atomic E-state index is 12.1. The molecule has 2 rings (SSSR count). The molecule has 1 aromatic carbocycles. The highest BCUT2D eigenvalue weighted by Gasteiger charge is 2.20. The number of primary sulfonamides is 1. The van der Waals surface area contributed by atoms with Gasteiger partial charge in [-0.3, -0.25) is 10.1 Å². The summed E-state index contributed by atoms with van der Waals surface area (Å²) < 4.78 is 23.2. The molecule has 0 atom stereocenters. The van der Waals surface area contributed by atoms with Gasteiger partial charge in [-0.25, -0.2) is 18.5 Å². The third-order valence-corrected chi connectivity index (χ3v) is 6.35. The maximum Gasteiger partial charge on any atom is 0.258 e. The van der Waals surface area contributed by atoms with Crippen LogP contribution in [-0.2, 0) is 10.0 Å². The zero-order valence-corrected chi connectivity index (χ0v) is 14.5. The lowest BCUT2D eigenvalue weighted by molar-refractivity contribution is 0.102. The number of thiazole rings is 1. The van der Waals surface area contributed by atoms with Gasteiger partial charge in [-0.2, -0.15) is 0 Å². The fourth-order valence-electron chi connectivity index (χ4n) is 1.54. The van der Waals surface area contributed by atoms with E-state index in [4.69, 9.17) is 16.7 Å². The third-order valence-electron chi connectivity index (χ3n) is 2.43. The summed E-state index contributed by atoms with van der Waals surface area (Å²) in [6, 6.07) is 4.91. The molecule has 1 aromatic heterocycles. The average Bonchev–Trinajstić information content (AvgIpc) is 2.73. The number of nitrogens with one attached hydrogen (secondary N) is 1. The van der Waals surface area contributed by atoms with Gasteiger partial charge in [-0.05, 0) is 35.0 Å². The first kappa shape index (κ1) is 16.4. The topological polar surface area (TPSA) is 102 Å². The Kier molecular flexibility index (Phi) is 4.69. The smallest absolute Gasteiger partial charge is 0.258 e. The molecular weight excluding hydrogens is 402 g/mol. The number of aromatic nitrogens is 1. The van der Waals surface area contributed by atoms with E-state index in [1.807, 2.05) is 0 Å². The number of benzene rings is 1. The van der Waals surface area contributed by atoms with Crippen molar-refractivity contribution in [3.63, 3.8) is 0 Å². The van der Waals surface area contributed by atoms with Crippen LogP contribution >= 0.6 is 38.9 Å². The molecule has 0 fully saturated rings. The van der Waals surface area contributed by atoms with Crippen molar-refractivity contribution in [3.8, 4) is 0 Å². The highest BCUT2D eigenvalue weighted by atomic mass is 79.9. The van der Waals surface area contributed by atoms with E-state index in [0.29, 0.717) is 4.47 Å². The van der Waals surface area contributed by atoms with E-state index in [0.717, 1.165) is 11.3 Å². The molecule has 0 spiro atoms. The van der Waals surface area contributed by atoms with Crippen molar-refractivity contribution in [2.24, 2.45) is 5.14 Å². The lowest BCUT2D eigenvalue weighted by Gasteiger charge is -2.05. The number of anilines is 1. The molecule has 10 heteroatoms. The maximum absolute atomic E-state index is 12.1. The van der Waals surface area contributed by atoms with Gasteiger partial charge < -0.3 is 0 Å². The summed E-state index contributed by atoms with van der Waals surface area (Å²) in [7, 11) is -3.86. The van der Waals surface area contributed by atoms with Crippen molar-refractivity contribution < 1.29 is 13.2 Å². The summed E-state index contributed by atoms with van der Waals surface area (Å²) in [5.41, 5.74) is 0.481. The number of hydrogen-bond acceptors (Lipinski definition) is 5. The molecule has 0 aliphatic carbocycles. The van der Waals surface area contributed by atoms with Crippen molar-refractivity contribution in [3.05, 3.63) is 39.0 Å². The van der Waals surface area contributed by atoms with E-state index >= 15 is 0 Å². The van der Waals surface area contributed by atoms with Gasteiger partial charge in [0.15, 0.2) is 9.34 Å². The number of amides is 1. The predicted octanol–water partition coefficient (Wildman–Crippen LogP) is 2.77. The van der Waals surface area contributed by atoms with Crippen LogP contribution in [0.15, 0.2) is 26.9 Å².